The number of hydrogen-bond donors (Lipinski definition) is 2. The van der Waals surface area contributed by atoms with E-state index < -0.39 is 0 Å². The van der Waals surface area contributed by atoms with Crippen molar-refractivity contribution in [3.63, 3.8) is 0 Å². The third kappa shape index (κ3) is 5.51. The Bertz CT molecular complexity index is 266. The molecule has 2 nitrogen and oxygen atoms in total. The largest absolute Gasteiger partial charge is 0.327 e. The Kier molecular flexibility index (Phi) is 7.22. The lowest BCUT2D eigenvalue weighted by molar-refractivity contribution is 0.466. The summed E-state index contributed by atoms with van der Waals surface area (Å²) in [6, 6.07) is 0.690. The van der Waals surface area contributed by atoms with E-state index in [0.717, 1.165) is 13.0 Å². The van der Waals surface area contributed by atoms with Crippen molar-refractivity contribution in [3.05, 3.63) is 23.3 Å². The number of unbranched alkanes of at least 4 members (excludes halogenated alkanes) is 1. The summed E-state index contributed by atoms with van der Waals surface area (Å²) >= 11 is 0. The maximum absolute atomic E-state index is 5.63. The van der Waals surface area contributed by atoms with Gasteiger partial charge in [0.25, 0.3) is 0 Å². The highest BCUT2D eigenvalue weighted by atomic mass is 14.9. The van der Waals surface area contributed by atoms with E-state index in [9.17, 15) is 0 Å². The maximum atomic E-state index is 5.63. The first-order valence-corrected chi connectivity index (χ1v) is 7.11. The molecule has 0 saturated carbocycles. The van der Waals surface area contributed by atoms with Crippen LogP contribution < -0.4 is 11.1 Å². The van der Waals surface area contributed by atoms with Crippen molar-refractivity contribution in [2.75, 3.05) is 13.1 Å². The summed E-state index contributed by atoms with van der Waals surface area (Å²) in [7, 11) is 0. The Balaban J connectivity index is 2.29. The van der Waals surface area contributed by atoms with Gasteiger partial charge in [-0.15, -0.1) is 0 Å². The highest BCUT2D eigenvalue weighted by molar-refractivity contribution is 5.25. The topological polar surface area (TPSA) is 38.0 Å². The van der Waals surface area contributed by atoms with Gasteiger partial charge in [0.15, 0.2) is 0 Å². The summed E-state index contributed by atoms with van der Waals surface area (Å²) in [5.74, 6) is 0. The highest BCUT2D eigenvalue weighted by Gasteiger charge is 2.08. The average molecular weight is 236 g/mol. The molecule has 1 aliphatic rings. The van der Waals surface area contributed by atoms with Crippen LogP contribution in [-0.4, -0.2) is 19.1 Å². The monoisotopic (exact) mass is 236 g/mol. The molecule has 0 saturated heterocycles. The van der Waals surface area contributed by atoms with Crippen LogP contribution in [0.4, 0.5) is 0 Å². The Labute approximate surface area is 106 Å². The summed E-state index contributed by atoms with van der Waals surface area (Å²) < 4.78 is 0. The molecule has 98 valence electrons. The Morgan fingerprint density at radius 2 is 1.94 bits per heavy atom. The first kappa shape index (κ1) is 14.5. The zero-order chi connectivity index (χ0) is 12.5. The van der Waals surface area contributed by atoms with Gasteiger partial charge in [0, 0.05) is 19.1 Å². The fourth-order valence-electron chi connectivity index (χ4n) is 2.22. The molecule has 0 aromatic heterocycles. The van der Waals surface area contributed by atoms with Gasteiger partial charge in [0.2, 0.25) is 0 Å². The van der Waals surface area contributed by atoms with E-state index in [0.29, 0.717) is 12.6 Å². The number of hydrogen-bond acceptors (Lipinski definition) is 2. The minimum absolute atomic E-state index is 0.690. The van der Waals surface area contributed by atoms with Crippen molar-refractivity contribution in [3.8, 4) is 0 Å². The van der Waals surface area contributed by atoms with Crippen LogP contribution in [0.5, 0.6) is 0 Å². The van der Waals surface area contributed by atoms with Gasteiger partial charge < -0.3 is 11.1 Å². The first-order valence-electron chi connectivity index (χ1n) is 7.11. The highest BCUT2D eigenvalue weighted by Crippen LogP contribution is 2.17. The average Bonchev–Trinajstić information content (AvgIpc) is 2.39. The summed E-state index contributed by atoms with van der Waals surface area (Å²) in [5.41, 5.74) is 8.54. The summed E-state index contributed by atoms with van der Waals surface area (Å²) in [5, 5.41) is 3.68. The van der Waals surface area contributed by atoms with E-state index in [1.54, 1.807) is 0 Å². The van der Waals surface area contributed by atoms with E-state index in [2.05, 4.69) is 31.3 Å². The summed E-state index contributed by atoms with van der Waals surface area (Å²) in [6.45, 7) is 6.30. The molecule has 0 spiro atoms. The first-order chi connectivity index (χ1) is 8.30. The fourth-order valence-corrected chi connectivity index (χ4v) is 2.22. The van der Waals surface area contributed by atoms with Crippen LogP contribution in [0.3, 0.4) is 0 Å². The molecule has 0 aromatic carbocycles. The standard InChI is InChI=1S/C15H28N2/c1-3-5-6-15(4-2)17-12-14-9-7-13(11-16)8-10-14/h7,9,15,17H,3-6,8,10-12,16H2,1-2H3. The quantitative estimate of drug-likeness (QED) is 0.679. The second kappa shape index (κ2) is 8.48. The second-order valence-electron chi connectivity index (χ2n) is 4.98. The van der Waals surface area contributed by atoms with Crippen LogP contribution in [0, 0.1) is 0 Å². The lowest BCUT2D eigenvalue weighted by Crippen LogP contribution is -2.30. The maximum Gasteiger partial charge on any atom is 0.0170 e. The molecule has 0 amide bonds. The van der Waals surface area contributed by atoms with Crippen LogP contribution in [-0.2, 0) is 0 Å². The van der Waals surface area contributed by atoms with Crippen LogP contribution >= 0.6 is 0 Å². The lowest BCUT2D eigenvalue weighted by atomic mass is 9.98. The van der Waals surface area contributed by atoms with Gasteiger partial charge in [-0.1, -0.05) is 50.0 Å². The Morgan fingerprint density at radius 1 is 1.24 bits per heavy atom. The van der Waals surface area contributed by atoms with Crippen LogP contribution in [0.25, 0.3) is 0 Å². The van der Waals surface area contributed by atoms with E-state index in [1.807, 2.05) is 0 Å². The molecule has 0 radical (unpaired) electrons. The van der Waals surface area contributed by atoms with Gasteiger partial charge in [0.05, 0.1) is 0 Å². The van der Waals surface area contributed by atoms with Crippen molar-refractivity contribution in [1.82, 2.24) is 5.32 Å². The van der Waals surface area contributed by atoms with Crippen molar-refractivity contribution in [1.29, 1.82) is 0 Å². The lowest BCUT2D eigenvalue weighted by Gasteiger charge is -2.19. The van der Waals surface area contributed by atoms with Gasteiger partial charge in [-0.25, -0.2) is 0 Å². The zero-order valence-electron chi connectivity index (χ0n) is 11.5. The third-order valence-corrected chi connectivity index (χ3v) is 3.60. The summed E-state index contributed by atoms with van der Waals surface area (Å²) in [4.78, 5) is 0. The van der Waals surface area contributed by atoms with Crippen molar-refractivity contribution in [2.45, 2.75) is 58.4 Å². The van der Waals surface area contributed by atoms with Crippen molar-refractivity contribution < 1.29 is 0 Å². The molecule has 0 fully saturated rings. The molecule has 3 N–H and O–H groups in total. The van der Waals surface area contributed by atoms with Crippen molar-refractivity contribution in [2.24, 2.45) is 5.73 Å². The van der Waals surface area contributed by atoms with Crippen LogP contribution in [0.15, 0.2) is 23.3 Å². The zero-order valence-corrected chi connectivity index (χ0v) is 11.5. The Morgan fingerprint density at radius 3 is 2.47 bits per heavy atom. The van der Waals surface area contributed by atoms with Gasteiger partial charge in [-0.05, 0) is 25.7 Å². The minimum Gasteiger partial charge on any atom is -0.327 e. The molecule has 0 heterocycles. The molecule has 1 atom stereocenters. The van der Waals surface area contributed by atoms with Gasteiger partial charge in [0.1, 0.15) is 0 Å². The normalized spacial score (nSPS) is 17.6. The van der Waals surface area contributed by atoms with E-state index in [4.69, 9.17) is 5.73 Å². The minimum atomic E-state index is 0.690. The van der Waals surface area contributed by atoms with Crippen LogP contribution in [0.2, 0.25) is 0 Å². The van der Waals surface area contributed by atoms with Crippen LogP contribution in [0.1, 0.15) is 52.4 Å². The second-order valence-corrected chi connectivity index (χ2v) is 4.98. The van der Waals surface area contributed by atoms with E-state index >= 15 is 0 Å². The molecular formula is C15H28N2. The smallest absolute Gasteiger partial charge is 0.0170 e. The van der Waals surface area contributed by atoms with Gasteiger partial charge in [-0.3, -0.25) is 0 Å². The third-order valence-electron chi connectivity index (χ3n) is 3.60. The number of allylic oxidation sites excluding steroid dienone is 2. The number of nitrogens with two attached hydrogens (primary N) is 1. The van der Waals surface area contributed by atoms with Gasteiger partial charge >= 0.3 is 0 Å². The fraction of sp³-hybridized carbons (Fsp3) is 0.733. The van der Waals surface area contributed by atoms with Crippen molar-refractivity contribution >= 4 is 0 Å². The predicted molar refractivity (Wildman–Crippen MR) is 76.1 cm³/mol. The number of nitrogens with one attached hydrogen (secondary N) is 1. The van der Waals surface area contributed by atoms with Gasteiger partial charge in [-0.2, -0.15) is 0 Å². The molecule has 17 heavy (non-hydrogen) atoms. The molecule has 1 aliphatic carbocycles. The number of rotatable bonds is 8. The predicted octanol–water partition coefficient (Wildman–Crippen LogP) is 3.15. The molecule has 0 bridgehead atoms. The Hall–Kier alpha value is -0.600. The molecule has 1 unspecified atom stereocenters. The molecule has 0 aliphatic heterocycles. The SMILES string of the molecule is CCCCC(CC)NCC1=CC=C(CN)CC1. The van der Waals surface area contributed by atoms with E-state index in [-0.39, 0.29) is 0 Å². The van der Waals surface area contributed by atoms with E-state index in [1.165, 1.54) is 43.3 Å². The molecule has 2 heteroatoms. The molecular weight excluding hydrogens is 208 g/mol. The molecule has 0 aromatic rings. The molecule has 1 rings (SSSR count). The summed E-state index contributed by atoms with van der Waals surface area (Å²) in [6.07, 6.45) is 12.0.